The van der Waals surface area contributed by atoms with Crippen LogP contribution in [0.25, 0.3) is 0 Å². The number of nitrogens with zero attached hydrogens (tertiary/aromatic N) is 5. The van der Waals surface area contributed by atoms with E-state index in [1.165, 1.54) is 17.9 Å². The third-order valence-corrected chi connectivity index (χ3v) is 4.34. The van der Waals surface area contributed by atoms with E-state index < -0.39 is 10.4 Å². The summed E-state index contributed by atoms with van der Waals surface area (Å²) in [5.41, 5.74) is 2.69. The first-order valence-corrected chi connectivity index (χ1v) is 9.68. The number of azo groups is 1. The monoisotopic (exact) mass is 385 g/mol. The van der Waals surface area contributed by atoms with Crippen LogP contribution in [-0.4, -0.2) is 42.0 Å². The number of aryl methyl sites for hydroxylation is 1. The van der Waals surface area contributed by atoms with Crippen molar-refractivity contribution in [1.82, 2.24) is 9.36 Å². The topological polar surface area (TPSA) is 117 Å². The second kappa shape index (κ2) is 8.94. The van der Waals surface area contributed by atoms with Crippen molar-refractivity contribution in [3.8, 4) is 0 Å². The Kier molecular flexibility index (Phi) is 6.93. The molecular formula is C14H19N5O4S2. The van der Waals surface area contributed by atoms with Crippen LogP contribution < -0.4 is 4.90 Å². The van der Waals surface area contributed by atoms with Crippen molar-refractivity contribution in [3.63, 3.8) is 0 Å². The molecule has 0 unspecified atom stereocenters. The second-order valence-electron chi connectivity index (χ2n) is 5.08. The minimum absolute atomic E-state index is 0.0670. The van der Waals surface area contributed by atoms with Gasteiger partial charge in [0.25, 0.3) is 0 Å². The first-order valence-electron chi connectivity index (χ1n) is 7.55. The zero-order valence-corrected chi connectivity index (χ0v) is 15.5. The molecule has 0 saturated carbocycles. The molecule has 0 bridgehead atoms. The normalized spacial score (nSPS) is 12.0. The molecule has 0 aliphatic carbocycles. The summed E-state index contributed by atoms with van der Waals surface area (Å²) < 4.78 is 37.8. The Balaban J connectivity index is 1.99. The predicted octanol–water partition coefficient (Wildman–Crippen LogP) is 3.30. The van der Waals surface area contributed by atoms with Gasteiger partial charge in [0.2, 0.25) is 5.13 Å². The van der Waals surface area contributed by atoms with Crippen LogP contribution in [0.2, 0.25) is 0 Å². The van der Waals surface area contributed by atoms with E-state index in [0.29, 0.717) is 18.1 Å². The average Bonchev–Trinajstić information content (AvgIpc) is 3.06. The van der Waals surface area contributed by atoms with Crippen molar-refractivity contribution in [2.45, 2.75) is 20.3 Å². The third-order valence-electron chi connectivity index (χ3n) is 3.32. The van der Waals surface area contributed by atoms with E-state index in [2.05, 4.69) is 28.7 Å². The quantitative estimate of drug-likeness (QED) is 0.400. The molecular weight excluding hydrogens is 366 g/mol. The number of rotatable bonds is 9. The highest BCUT2D eigenvalue weighted by atomic mass is 32.3. The molecule has 0 saturated heterocycles. The fourth-order valence-electron chi connectivity index (χ4n) is 2.15. The van der Waals surface area contributed by atoms with E-state index in [9.17, 15) is 8.42 Å². The average molecular weight is 385 g/mol. The molecule has 25 heavy (non-hydrogen) atoms. The molecule has 0 fully saturated rings. The highest BCUT2D eigenvalue weighted by Crippen LogP contribution is 2.27. The Morgan fingerprint density at radius 1 is 1.36 bits per heavy atom. The third kappa shape index (κ3) is 6.46. The van der Waals surface area contributed by atoms with Crippen LogP contribution in [-0.2, 0) is 14.6 Å². The molecule has 0 atom stereocenters. The zero-order chi connectivity index (χ0) is 18.3. The maximum Gasteiger partial charge on any atom is 0.397 e. The Bertz CT molecular complexity index is 809. The maximum absolute atomic E-state index is 10.5. The summed E-state index contributed by atoms with van der Waals surface area (Å²) in [6, 6.07) is 5.78. The number of hydrogen-bond acceptors (Lipinski definition) is 9. The summed E-state index contributed by atoms with van der Waals surface area (Å²) in [5.74, 6) is 0. The summed E-state index contributed by atoms with van der Waals surface area (Å²) in [6.45, 7) is 5.21. The van der Waals surface area contributed by atoms with Gasteiger partial charge in [0.1, 0.15) is 6.33 Å². The van der Waals surface area contributed by atoms with E-state index in [-0.39, 0.29) is 6.61 Å². The van der Waals surface area contributed by atoms with Gasteiger partial charge in [0, 0.05) is 30.3 Å². The second-order valence-corrected chi connectivity index (χ2v) is 6.93. The van der Waals surface area contributed by atoms with Gasteiger partial charge >= 0.3 is 10.4 Å². The largest absolute Gasteiger partial charge is 0.397 e. The van der Waals surface area contributed by atoms with Crippen LogP contribution in [0.3, 0.4) is 0 Å². The molecule has 0 amide bonds. The van der Waals surface area contributed by atoms with Gasteiger partial charge < -0.3 is 4.90 Å². The summed E-state index contributed by atoms with van der Waals surface area (Å²) >= 11 is 1.17. The SMILES string of the molecule is CCN(CCCOS(=O)(=O)O)c1ccc(/N=N/c2ncns2)c(C)c1. The van der Waals surface area contributed by atoms with Crippen LogP contribution in [0.4, 0.5) is 16.5 Å². The van der Waals surface area contributed by atoms with Gasteiger partial charge in [-0.1, -0.05) is 0 Å². The molecule has 0 aliphatic heterocycles. The number of benzene rings is 1. The minimum Gasteiger partial charge on any atom is -0.372 e. The molecule has 1 N–H and O–H groups in total. The smallest absolute Gasteiger partial charge is 0.372 e. The number of aromatic nitrogens is 2. The van der Waals surface area contributed by atoms with Gasteiger partial charge in [-0.25, -0.2) is 9.17 Å². The van der Waals surface area contributed by atoms with E-state index in [0.717, 1.165) is 23.5 Å². The molecule has 2 aromatic rings. The molecule has 0 spiro atoms. The van der Waals surface area contributed by atoms with Crippen molar-refractivity contribution in [2.24, 2.45) is 10.2 Å². The first-order chi connectivity index (χ1) is 11.9. The summed E-state index contributed by atoms with van der Waals surface area (Å²) in [7, 11) is -4.38. The fraction of sp³-hybridized carbons (Fsp3) is 0.429. The van der Waals surface area contributed by atoms with Crippen LogP contribution in [0, 0.1) is 6.92 Å². The zero-order valence-electron chi connectivity index (χ0n) is 13.9. The summed E-state index contributed by atoms with van der Waals surface area (Å²) in [5, 5.41) is 8.71. The van der Waals surface area contributed by atoms with Crippen LogP contribution in [0.5, 0.6) is 0 Å². The number of anilines is 1. The van der Waals surface area contributed by atoms with Crippen LogP contribution >= 0.6 is 11.5 Å². The molecule has 1 aromatic carbocycles. The maximum atomic E-state index is 10.5. The molecule has 2 rings (SSSR count). The van der Waals surface area contributed by atoms with E-state index in [1.807, 2.05) is 32.0 Å². The highest BCUT2D eigenvalue weighted by molar-refractivity contribution is 7.80. The van der Waals surface area contributed by atoms with E-state index in [1.54, 1.807) is 0 Å². The van der Waals surface area contributed by atoms with Crippen LogP contribution in [0.15, 0.2) is 34.8 Å². The lowest BCUT2D eigenvalue weighted by Crippen LogP contribution is -2.25. The summed E-state index contributed by atoms with van der Waals surface area (Å²) in [4.78, 5) is 6.02. The Labute approximate surface area is 150 Å². The van der Waals surface area contributed by atoms with Gasteiger partial charge in [-0.3, -0.25) is 4.55 Å². The van der Waals surface area contributed by atoms with Crippen molar-refractivity contribution < 1.29 is 17.2 Å². The van der Waals surface area contributed by atoms with Gasteiger partial charge in [-0.2, -0.15) is 12.8 Å². The van der Waals surface area contributed by atoms with Crippen molar-refractivity contribution >= 4 is 38.4 Å². The molecule has 136 valence electrons. The van der Waals surface area contributed by atoms with Gasteiger partial charge in [0.15, 0.2) is 0 Å². The van der Waals surface area contributed by atoms with Gasteiger partial charge in [-0.15, -0.1) is 10.2 Å². The molecule has 0 radical (unpaired) electrons. The van der Waals surface area contributed by atoms with Crippen molar-refractivity contribution in [1.29, 1.82) is 0 Å². The van der Waals surface area contributed by atoms with Gasteiger partial charge in [-0.05, 0) is 44.0 Å². The van der Waals surface area contributed by atoms with Gasteiger partial charge in [0.05, 0.1) is 12.3 Å². The fourth-order valence-corrected chi connectivity index (χ4v) is 2.83. The molecule has 9 nitrogen and oxygen atoms in total. The Morgan fingerprint density at radius 2 is 2.16 bits per heavy atom. The predicted molar refractivity (Wildman–Crippen MR) is 95.3 cm³/mol. The molecule has 1 aromatic heterocycles. The lowest BCUT2D eigenvalue weighted by atomic mass is 10.1. The number of hydrogen-bond donors (Lipinski definition) is 1. The lowest BCUT2D eigenvalue weighted by molar-refractivity contribution is 0.266. The van der Waals surface area contributed by atoms with Crippen molar-refractivity contribution in [2.75, 3.05) is 24.6 Å². The highest BCUT2D eigenvalue weighted by Gasteiger charge is 2.09. The standard InChI is InChI=1S/C14H19N5O4S2/c1-3-19(7-4-8-23-25(20,21)22)12-5-6-13(11(2)9-12)17-18-14-15-10-16-24-14/h5-6,9-10H,3-4,7-8H2,1-2H3,(H,20,21,22)/b18-17+. The summed E-state index contributed by atoms with van der Waals surface area (Å²) in [6.07, 6.45) is 1.89. The first kappa shape index (κ1) is 19.4. The van der Waals surface area contributed by atoms with Crippen molar-refractivity contribution in [3.05, 3.63) is 30.1 Å². The molecule has 11 heteroatoms. The van der Waals surface area contributed by atoms with E-state index >= 15 is 0 Å². The van der Waals surface area contributed by atoms with E-state index in [4.69, 9.17) is 4.55 Å². The minimum atomic E-state index is -4.38. The Morgan fingerprint density at radius 3 is 2.76 bits per heavy atom. The Hall–Kier alpha value is -1.95. The van der Waals surface area contributed by atoms with Crippen LogP contribution in [0.1, 0.15) is 18.9 Å². The molecule has 1 heterocycles. The lowest BCUT2D eigenvalue weighted by Gasteiger charge is -2.23. The molecule has 0 aliphatic rings.